The molecule has 5 nitrogen and oxygen atoms in total. The minimum absolute atomic E-state index is 0.214. The van der Waals surface area contributed by atoms with E-state index >= 15 is 0 Å². The van der Waals surface area contributed by atoms with Gasteiger partial charge in [-0.2, -0.15) is 0 Å². The standard InChI is InChI=1S/C19H23ClN2O3/c1-13-2-3-15(10-13)12-22-18(24)11-17(23)21(19(22)25)9-8-14-4-6-16(20)7-5-14/h4-7,13,15H,2-3,8-12H2,1H3. The Hall–Kier alpha value is -1.88. The summed E-state index contributed by atoms with van der Waals surface area (Å²) < 4.78 is 0. The molecule has 4 amide bonds. The smallest absolute Gasteiger partial charge is 0.274 e. The Morgan fingerprint density at radius 2 is 1.72 bits per heavy atom. The lowest BCUT2D eigenvalue weighted by Crippen LogP contribution is -2.56. The van der Waals surface area contributed by atoms with Gasteiger partial charge in [-0.25, -0.2) is 4.79 Å². The van der Waals surface area contributed by atoms with E-state index in [1.807, 2.05) is 12.1 Å². The van der Waals surface area contributed by atoms with Gasteiger partial charge in [-0.05, 0) is 48.8 Å². The summed E-state index contributed by atoms with van der Waals surface area (Å²) in [5.74, 6) is 0.231. The van der Waals surface area contributed by atoms with Crippen molar-refractivity contribution >= 4 is 29.4 Å². The first-order valence-corrected chi connectivity index (χ1v) is 9.21. The molecule has 2 fully saturated rings. The number of rotatable bonds is 5. The monoisotopic (exact) mass is 362 g/mol. The van der Waals surface area contributed by atoms with Crippen molar-refractivity contribution in [2.24, 2.45) is 11.8 Å². The summed E-state index contributed by atoms with van der Waals surface area (Å²) in [6.45, 7) is 2.92. The summed E-state index contributed by atoms with van der Waals surface area (Å²) in [6, 6.07) is 6.87. The van der Waals surface area contributed by atoms with Crippen LogP contribution in [0.3, 0.4) is 0 Å². The first-order chi connectivity index (χ1) is 11.9. The predicted octanol–water partition coefficient (Wildman–Crippen LogP) is 3.50. The molecule has 2 aliphatic rings. The van der Waals surface area contributed by atoms with E-state index in [0.717, 1.165) is 24.8 Å². The van der Waals surface area contributed by atoms with E-state index in [-0.39, 0.29) is 18.9 Å². The molecule has 1 aliphatic heterocycles. The predicted molar refractivity (Wildman–Crippen MR) is 95.1 cm³/mol. The van der Waals surface area contributed by atoms with Gasteiger partial charge < -0.3 is 0 Å². The van der Waals surface area contributed by atoms with Gasteiger partial charge in [0.2, 0.25) is 11.8 Å². The molecule has 3 rings (SSSR count). The Morgan fingerprint density at radius 1 is 1.04 bits per heavy atom. The minimum Gasteiger partial charge on any atom is -0.274 e. The molecular formula is C19H23ClN2O3. The fourth-order valence-electron chi connectivity index (χ4n) is 3.72. The van der Waals surface area contributed by atoms with Crippen LogP contribution in [0.15, 0.2) is 24.3 Å². The van der Waals surface area contributed by atoms with Crippen LogP contribution < -0.4 is 0 Å². The average molecular weight is 363 g/mol. The van der Waals surface area contributed by atoms with Gasteiger partial charge in [-0.15, -0.1) is 0 Å². The molecule has 0 spiro atoms. The SMILES string of the molecule is CC1CCC(CN2C(=O)CC(=O)N(CCc3ccc(Cl)cc3)C2=O)C1. The molecule has 0 aromatic heterocycles. The number of amides is 4. The summed E-state index contributed by atoms with van der Waals surface area (Å²) in [5.41, 5.74) is 0.998. The lowest BCUT2D eigenvalue weighted by atomic mass is 10.0. The van der Waals surface area contributed by atoms with Crippen LogP contribution in [0.1, 0.15) is 38.2 Å². The van der Waals surface area contributed by atoms with Crippen LogP contribution >= 0.6 is 11.6 Å². The Balaban J connectivity index is 1.64. The molecule has 1 saturated carbocycles. The molecule has 0 N–H and O–H groups in total. The maximum Gasteiger partial charge on any atom is 0.333 e. The van der Waals surface area contributed by atoms with E-state index in [2.05, 4.69) is 6.92 Å². The van der Waals surface area contributed by atoms with Gasteiger partial charge in [-0.1, -0.05) is 37.1 Å². The molecule has 6 heteroatoms. The molecule has 1 saturated heterocycles. The van der Waals surface area contributed by atoms with E-state index in [1.165, 1.54) is 9.80 Å². The number of benzene rings is 1. The third-order valence-electron chi connectivity index (χ3n) is 5.15. The summed E-state index contributed by atoms with van der Waals surface area (Å²) in [7, 11) is 0. The largest absolute Gasteiger partial charge is 0.333 e. The number of imide groups is 2. The van der Waals surface area contributed by atoms with Crippen LogP contribution in [-0.4, -0.2) is 40.7 Å². The highest BCUT2D eigenvalue weighted by atomic mass is 35.5. The maximum absolute atomic E-state index is 12.7. The summed E-state index contributed by atoms with van der Waals surface area (Å²) >= 11 is 5.87. The van der Waals surface area contributed by atoms with Crippen LogP contribution in [0, 0.1) is 11.8 Å². The highest BCUT2D eigenvalue weighted by molar-refractivity contribution is 6.30. The first kappa shape index (κ1) is 17.9. The fraction of sp³-hybridized carbons (Fsp3) is 0.526. The summed E-state index contributed by atoms with van der Waals surface area (Å²) in [6.07, 6.45) is 3.55. The third-order valence-corrected chi connectivity index (χ3v) is 5.40. The van der Waals surface area contributed by atoms with Crippen LogP contribution in [0.4, 0.5) is 4.79 Å². The second-order valence-electron chi connectivity index (χ2n) is 7.17. The molecule has 1 aliphatic carbocycles. The van der Waals surface area contributed by atoms with E-state index in [9.17, 15) is 14.4 Å². The third kappa shape index (κ3) is 4.21. The van der Waals surface area contributed by atoms with Crippen molar-refractivity contribution in [1.82, 2.24) is 9.80 Å². The fourth-order valence-corrected chi connectivity index (χ4v) is 3.85. The topological polar surface area (TPSA) is 57.7 Å². The highest BCUT2D eigenvalue weighted by Gasteiger charge is 2.39. The molecule has 134 valence electrons. The van der Waals surface area contributed by atoms with Gasteiger partial charge in [0.05, 0.1) is 0 Å². The molecule has 0 radical (unpaired) electrons. The van der Waals surface area contributed by atoms with Crippen molar-refractivity contribution in [3.63, 3.8) is 0 Å². The van der Waals surface area contributed by atoms with Crippen LogP contribution in [0.5, 0.6) is 0 Å². The van der Waals surface area contributed by atoms with Crippen LogP contribution in [-0.2, 0) is 16.0 Å². The molecule has 25 heavy (non-hydrogen) atoms. The van der Waals surface area contributed by atoms with Crippen molar-refractivity contribution < 1.29 is 14.4 Å². The lowest BCUT2D eigenvalue weighted by molar-refractivity contribution is -0.142. The normalized spacial score (nSPS) is 24.3. The average Bonchev–Trinajstić information content (AvgIpc) is 2.98. The Kier molecular flexibility index (Phi) is 5.42. The number of carbonyl (C=O) groups is 3. The molecule has 1 aromatic carbocycles. The summed E-state index contributed by atoms with van der Waals surface area (Å²) in [5, 5.41) is 0.649. The first-order valence-electron chi connectivity index (χ1n) is 8.83. The Morgan fingerprint density at radius 3 is 2.36 bits per heavy atom. The van der Waals surface area contributed by atoms with Gasteiger partial charge in [0, 0.05) is 18.1 Å². The summed E-state index contributed by atoms with van der Waals surface area (Å²) in [4.78, 5) is 39.5. The van der Waals surface area contributed by atoms with E-state index < -0.39 is 11.9 Å². The van der Waals surface area contributed by atoms with E-state index in [0.29, 0.717) is 29.8 Å². The number of nitrogens with zero attached hydrogens (tertiary/aromatic N) is 2. The zero-order valence-corrected chi connectivity index (χ0v) is 15.2. The van der Waals surface area contributed by atoms with Gasteiger partial charge in [0.25, 0.3) is 0 Å². The Bertz CT molecular complexity index is 674. The molecule has 0 bridgehead atoms. The van der Waals surface area contributed by atoms with Crippen LogP contribution in [0.25, 0.3) is 0 Å². The number of urea groups is 1. The van der Waals surface area contributed by atoms with E-state index in [4.69, 9.17) is 11.6 Å². The second-order valence-corrected chi connectivity index (χ2v) is 7.61. The second kappa shape index (κ2) is 7.56. The molecule has 1 heterocycles. The number of hydrogen-bond donors (Lipinski definition) is 0. The van der Waals surface area contributed by atoms with Crippen molar-refractivity contribution in [2.45, 2.75) is 39.0 Å². The molecular weight excluding hydrogens is 340 g/mol. The number of carbonyl (C=O) groups excluding carboxylic acids is 3. The van der Waals surface area contributed by atoms with Gasteiger partial charge in [0.15, 0.2) is 0 Å². The lowest BCUT2D eigenvalue weighted by Gasteiger charge is -2.34. The molecule has 2 unspecified atom stereocenters. The van der Waals surface area contributed by atoms with Gasteiger partial charge in [0.1, 0.15) is 6.42 Å². The van der Waals surface area contributed by atoms with Crippen molar-refractivity contribution in [3.05, 3.63) is 34.9 Å². The van der Waals surface area contributed by atoms with Crippen molar-refractivity contribution in [2.75, 3.05) is 13.1 Å². The Labute approximate surface area is 152 Å². The van der Waals surface area contributed by atoms with E-state index in [1.54, 1.807) is 12.1 Å². The zero-order chi connectivity index (χ0) is 18.0. The highest BCUT2D eigenvalue weighted by Crippen LogP contribution is 2.31. The maximum atomic E-state index is 12.7. The number of barbiturate groups is 1. The molecule has 1 aromatic rings. The van der Waals surface area contributed by atoms with Gasteiger partial charge in [-0.3, -0.25) is 19.4 Å². The van der Waals surface area contributed by atoms with Crippen molar-refractivity contribution in [1.29, 1.82) is 0 Å². The minimum atomic E-state index is -0.463. The number of hydrogen-bond acceptors (Lipinski definition) is 3. The molecule has 2 atom stereocenters. The quantitative estimate of drug-likeness (QED) is 0.753. The zero-order valence-electron chi connectivity index (χ0n) is 14.4. The van der Waals surface area contributed by atoms with Gasteiger partial charge >= 0.3 is 6.03 Å². The van der Waals surface area contributed by atoms with Crippen LogP contribution in [0.2, 0.25) is 5.02 Å². The number of halogens is 1. The van der Waals surface area contributed by atoms with Crippen molar-refractivity contribution in [3.8, 4) is 0 Å².